The first-order valence-electron chi connectivity index (χ1n) is 9.46. The summed E-state index contributed by atoms with van der Waals surface area (Å²) in [5, 5.41) is 0. The molecule has 0 aliphatic carbocycles. The third-order valence-electron chi connectivity index (χ3n) is 5.74. The van der Waals surface area contributed by atoms with Gasteiger partial charge in [0.1, 0.15) is 10.7 Å². The minimum absolute atomic E-state index is 0.172. The van der Waals surface area contributed by atoms with Crippen molar-refractivity contribution in [2.45, 2.75) is 38.0 Å². The lowest BCUT2D eigenvalue weighted by atomic mass is 9.77. The van der Waals surface area contributed by atoms with E-state index < -0.39 is 15.8 Å². The highest BCUT2D eigenvalue weighted by molar-refractivity contribution is 7.89. The van der Waals surface area contributed by atoms with Crippen LogP contribution in [0, 0.1) is 11.2 Å². The maximum absolute atomic E-state index is 13.9. The number of hydrogen-bond donors (Lipinski definition) is 0. The highest BCUT2D eigenvalue weighted by Crippen LogP contribution is 2.35. The zero-order chi connectivity index (χ0) is 20.5. The van der Waals surface area contributed by atoms with Gasteiger partial charge in [-0.1, -0.05) is 26.0 Å². The fraction of sp³-hybridized carbons (Fsp3) is 0.579. The van der Waals surface area contributed by atoms with Gasteiger partial charge in [0.2, 0.25) is 21.8 Å². The Bertz CT molecular complexity index is 848. The molecule has 1 aromatic rings. The molecule has 0 N–H and O–H groups in total. The maximum Gasteiger partial charge on any atom is 0.246 e. The number of carbonyl (C=O) groups is 2. The molecule has 2 saturated heterocycles. The van der Waals surface area contributed by atoms with Crippen molar-refractivity contribution in [2.24, 2.45) is 5.41 Å². The van der Waals surface area contributed by atoms with Gasteiger partial charge in [-0.15, -0.1) is 0 Å². The van der Waals surface area contributed by atoms with E-state index in [-0.39, 0.29) is 41.9 Å². The third kappa shape index (κ3) is 4.11. The number of hydrogen-bond acceptors (Lipinski definition) is 5. The smallest absolute Gasteiger partial charge is 0.246 e. The van der Waals surface area contributed by atoms with Gasteiger partial charge in [0.25, 0.3) is 0 Å². The van der Waals surface area contributed by atoms with Gasteiger partial charge in [-0.3, -0.25) is 19.4 Å². The summed E-state index contributed by atoms with van der Waals surface area (Å²) in [5.41, 5.74) is -0.281. The number of piperidine rings is 1. The summed E-state index contributed by atoms with van der Waals surface area (Å²) >= 11 is 0. The van der Waals surface area contributed by atoms with Crippen molar-refractivity contribution in [3.05, 3.63) is 30.1 Å². The lowest BCUT2D eigenvalue weighted by Crippen LogP contribution is -2.55. The highest BCUT2D eigenvalue weighted by atomic mass is 32.2. The van der Waals surface area contributed by atoms with Gasteiger partial charge in [-0.05, 0) is 24.0 Å². The Balaban J connectivity index is 1.61. The van der Waals surface area contributed by atoms with Crippen LogP contribution in [0.2, 0.25) is 0 Å². The van der Waals surface area contributed by atoms with Crippen LogP contribution in [0.1, 0.15) is 33.1 Å². The molecule has 154 valence electrons. The van der Waals surface area contributed by atoms with Gasteiger partial charge in [0, 0.05) is 39.0 Å². The van der Waals surface area contributed by atoms with E-state index in [0.717, 1.165) is 12.5 Å². The van der Waals surface area contributed by atoms with Gasteiger partial charge in [-0.25, -0.2) is 12.8 Å². The molecule has 0 bridgehead atoms. The number of piperazine rings is 1. The van der Waals surface area contributed by atoms with E-state index in [0.29, 0.717) is 25.9 Å². The minimum atomic E-state index is -3.91. The molecule has 0 aromatic heterocycles. The Hall–Kier alpha value is -1.84. The zero-order valence-corrected chi connectivity index (χ0v) is 17.0. The molecule has 2 aliphatic heterocycles. The second-order valence-electron chi connectivity index (χ2n) is 7.83. The number of imide groups is 1. The summed E-state index contributed by atoms with van der Waals surface area (Å²) in [7, 11) is -3.91. The molecule has 0 atom stereocenters. The molecule has 28 heavy (non-hydrogen) atoms. The Labute approximate surface area is 165 Å². The first kappa shape index (κ1) is 20.9. The summed E-state index contributed by atoms with van der Waals surface area (Å²) in [6, 6.07) is 5.32. The second-order valence-corrected chi connectivity index (χ2v) is 9.73. The molecule has 1 aromatic carbocycles. The first-order chi connectivity index (χ1) is 13.2. The highest BCUT2D eigenvalue weighted by Gasteiger charge is 2.40. The van der Waals surface area contributed by atoms with Crippen LogP contribution in [0.5, 0.6) is 0 Å². The van der Waals surface area contributed by atoms with Crippen molar-refractivity contribution in [3.8, 4) is 0 Å². The van der Waals surface area contributed by atoms with Crippen LogP contribution in [0.25, 0.3) is 0 Å². The number of amides is 2. The van der Waals surface area contributed by atoms with Gasteiger partial charge in [0.15, 0.2) is 0 Å². The molecule has 7 nitrogen and oxygen atoms in total. The topological polar surface area (TPSA) is 78.0 Å². The average Bonchev–Trinajstić information content (AvgIpc) is 2.65. The second kappa shape index (κ2) is 7.88. The predicted octanol–water partition coefficient (Wildman–Crippen LogP) is 1.65. The van der Waals surface area contributed by atoms with E-state index in [4.69, 9.17) is 0 Å². The van der Waals surface area contributed by atoms with Gasteiger partial charge in [-0.2, -0.15) is 4.31 Å². The SMILES string of the molecule is CCC1(C)CC(=O)N(CN2CCN(S(=O)(=O)c3ccccc3F)CC2)C(=O)C1. The summed E-state index contributed by atoms with van der Waals surface area (Å²) < 4.78 is 40.5. The molecule has 2 aliphatic rings. The lowest BCUT2D eigenvalue weighted by molar-refractivity contribution is -0.156. The Kier molecular flexibility index (Phi) is 5.88. The number of sulfonamides is 1. The van der Waals surface area contributed by atoms with Crippen LogP contribution in [-0.2, 0) is 19.6 Å². The quantitative estimate of drug-likeness (QED) is 0.689. The van der Waals surface area contributed by atoms with Crippen LogP contribution >= 0.6 is 0 Å². The molecule has 0 saturated carbocycles. The Morgan fingerprint density at radius 3 is 2.14 bits per heavy atom. The molecule has 3 rings (SSSR count). The molecular formula is C19H26FN3O4S. The van der Waals surface area contributed by atoms with Crippen molar-refractivity contribution < 1.29 is 22.4 Å². The van der Waals surface area contributed by atoms with Crippen LogP contribution in [0.15, 0.2) is 29.2 Å². The van der Waals surface area contributed by atoms with Gasteiger partial charge >= 0.3 is 0 Å². The molecule has 9 heteroatoms. The summed E-state index contributed by atoms with van der Waals surface area (Å²) in [5.74, 6) is -1.13. The van der Waals surface area contributed by atoms with Crippen molar-refractivity contribution in [1.82, 2.24) is 14.1 Å². The first-order valence-corrected chi connectivity index (χ1v) is 10.9. The van der Waals surface area contributed by atoms with Crippen LogP contribution in [0.3, 0.4) is 0 Å². The molecule has 2 amide bonds. The Morgan fingerprint density at radius 2 is 1.61 bits per heavy atom. The molecule has 0 radical (unpaired) electrons. The van der Waals surface area contributed by atoms with Crippen molar-refractivity contribution in [3.63, 3.8) is 0 Å². The fourth-order valence-electron chi connectivity index (χ4n) is 3.63. The summed E-state index contributed by atoms with van der Waals surface area (Å²) in [6.45, 7) is 5.20. The fourth-order valence-corrected chi connectivity index (χ4v) is 5.12. The standard InChI is InChI=1S/C19H26FN3O4S/c1-3-19(2)12-17(24)23(18(25)13-19)14-21-8-10-22(11-9-21)28(26,27)16-7-5-4-6-15(16)20/h4-7H,3,8-14H2,1-2H3. The predicted molar refractivity (Wildman–Crippen MR) is 101 cm³/mol. The van der Waals surface area contributed by atoms with E-state index in [2.05, 4.69) is 0 Å². The van der Waals surface area contributed by atoms with Crippen molar-refractivity contribution >= 4 is 21.8 Å². The van der Waals surface area contributed by atoms with Crippen LogP contribution in [-0.4, -0.2) is 67.2 Å². The summed E-state index contributed by atoms with van der Waals surface area (Å²) in [6.07, 6.45) is 1.46. The molecule has 2 fully saturated rings. The molecular weight excluding hydrogens is 385 g/mol. The lowest BCUT2D eigenvalue weighted by Gasteiger charge is -2.40. The van der Waals surface area contributed by atoms with E-state index in [1.165, 1.54) is 27.4 Å². The van der Waals surface area contributed by atoms with Gasteiger partial charge in [0.05, 0.1) is 6.67 Å². The molecule has 0 spiro atoms. The van der Waals surface area contributed by atoms with Crippen molar-refractivity contribution in [1.29, 1.82) is 0 Å². The zero-order valence-electron chi connectivity index (χ0n) is 16.2. The number of benzene rings is 1. The normalized spacial score (nSPS) is 21.9. The number of rotatable bonds is 5. The number of nitrogens with zero attached hydrogens (tertiary/aromatic N) is 3. The monoisotopic (exact) mass is 411 g/mol. The molecule has 0 unspecified atom stereocenters. The maximum atomic E-state index is 13.9. The van der Waals surface area contributed by atoms with E-state index >= 15 is 0 Å². The number of carbonyl (C=O) groups excluding carboxylic acids is 2. The Morgan fingerprint density at radius 1 is 1.04 bits per heavy atom. The number of likely N-dealkylation sites (tertiary alicyclic amines) is 1. The van der Waals surface area contributed by atoms with E-state index in [1.807, 2.05) is 18.7 Å². The van der Waals surface area contributed by atoms with Crippen LogP contribution < -0.4 is 0 Å². The molecule has 2 heterocycles. The van der Waals surface area contributed by atoms with E-state index in [9.17, 15) is 22.4 Å². The summed E-state index contributed by atoms with van der Waals surface area (Å²) in [4.78, 5) is 27.7. The minimum Gasteiger partial charge on any atom is -0.283 e. The largest absolute Gasteiger partial charge is 0.283 e. The van der Waals surface area contributed by atoms with Gasteiger partial charge < -0.3 is 0 Å². The van der Waals surface area contributed by atoms with Crippen molar-refractivity contribution in [2.75, 3.05) is 32.8 Å². The van der Waals surface area contributed by atoms with E-state index in [1.54, 1.807) is 0 Å². The number of halogens is 1. The average molecular weight is 411 g/mol. The third-order valence-corrected chi connectivity index (χ3v) is 7.67. The van der Waals surface area contributed by atoms with Crippen LogP contribution in [0.4, 0.5) is 4.39 Å².